The predicted molar refractivity (Wildman–Crippen MR) is 52.7 cm³/mol. The molecule has 0 saturated carbocycles. The second-order valence-electron chi connectivity index (χ2n) is 3.05. The van der Waals surface area contributed by atoms with Gasteiger partial charge >= 0.3 is 6.43 Å². The first-order chi connectivity index (χ1) is 7.10. The number of carbonyl (C=O) groups excluding carboxylic acids is 1. The van der Waals surface area contributed by atoms with Crippen molar-refractivity contribution in [2.24, 2.45) is 0 Å². The number of methoxy groups -OCH3 is 1. The van der Waals surface area contributed by atoms with Crippen LogP contribution in [0.3, 0.4) is 0 Å². The molecule has 2 nitrogen and oxygen atoms in total. The number of ether oxygens (including phenoxy) is 1. The number of hydrogen-bond acceptors (Lipinski definition) is 2. The van der Waals surface area contributed by atoms with Gasteiger partial charge < -0.3 is 4.74 Å². The highest BCUT2D eigenvalue weighted by molar-refractivity contribution is 6.01. The number of benzene rings is 1. The number of Topliss-reactive ketones (excluding diaryl/α,β-unsaturated/α-hetero) is 1. The highest BCUT2D eigenvalue weighted by Crippen LogP contribution is 2.22. The van der Waals surface area contributed by atoms with Crippen LogP contribution in [0.4, 0.5) is 8.78 Å². The Hall–Kier alpha value is -1.45. The Labute approximate surface area is 86.9 Å². The van der Waals surface area contributed by atoms with Crippen molar-refractivity contribution in [3.8, 4) is 5.75 Å². The molecule has 0 radical (unpaired) electrons. The van der Waals surface area contributed by atoms with Gasteiger partial charge in [0.25, 0.3) is 0 Å². The van der Waals surface area contributed by atoms with E-state index in [2.05, 4.69) is 0 Å². The minimum atomic E-state index is -2.99. The third-order valence-electron chi connectivity index (χ3n) is 2.14. The summed E-state index contributed by atoms with van der Waals surface area (Å²) in [6.45, 7) is 1.89. The summed E-state index contributed by atoms with van der Waals surface area (Å²) in [5, 5.41) is 0. The molecule has 0 amide bonds. The molecule has 0 aliphatic heterocycles. The Morgan fingerprint density at radius 1 is 1.47 bits per heavy atom. The Morgan fingerprint density at radius 2 is 2.13 bits per heavy atom. The largest absolute Gasteiger partial charge is 0.496 e. The highest BCUT2D eigenvalue weighted by Gasteiger charge is 2.21. The molecule has 0 N–H and O–H groups in total. The van der Waals surface area contributed by atoms with E-state index in [-0.39, 0.29) is 11.3 Å². The van der Waals surface area contributed by atoms with Crippen LogP contribution in [0, 0.1) is 0 Å². The lowest BCUT2D eigenvalue weighted by molar-refractivity contribution is 0.0675. The van der Waals surface area contributed by atoms with Crippen molar-refractivity contribution in [3.63, 3.8) is 0 Å². The Balaban J connectivity index is 3.17. The summed E-state index contributed by atoms with van der Waals surface area (Å²) in [6, 6.07) is 4.74. The molecule has 1 rings (SSSR count). The zero-order chi connectivity index (χ0) is 11.4. The van der Waals surface area contributed by atoms with E-state index in [4.69, 9.17) is 4.74 Å². The fraction of sp³-hybridized carbons (Fsp3) is 0.364. The molecule has 0 unspecified atom stereocenters. The normalized spacial score (nSPS) is 10.5. The molecule has 4 heteroatoms. The van der Waals surface area contributed by atoms with Crippen molar-refractivity contribution < 1.29 is 18.3 Å². The van der Waals surface area contributed by atoms with Crippen LogP contribution in [0.1, 0.15) is 22.8 Å². The number of alkyl halides is 2. The van der Waals surface area contributed by atoms with Gasteiger partial charge in [0.15, 0.2) is 0 Å². The maximum Gasteiger partial charge on any atom is 0.300 e. The molecule has 0 aliphatic carbocycles. The minimum absolute atomic E-state index is 0.0492. The van der Waals surface area contributed by atoms with Crippen molar-refractivity contribution >= 4 is 5.78 Å². The van der Waals surface area contributed by atoms with Gasteiger partial charge in [-0.25, -0.2) is 8.78 Å². The van der Waals surface area contributed by atoms with Gasteiger partial charge in [0, 0.05) is 0 Å². The van der Waals surface area contributed by atoms with Crippen LogP contribution in [0.2, 0.25) is 0 Å². The number of ketones is 1. The minimum Gasteiger partial charge on any atom is -0.496 e. The van der Waals surface area contributed by atoms with E-state index in [0.717, 1.165) is 5.56 Å². The molecule has 0 aromatic heterocycles. The van der Waals surface area contributed by atoms with Crippen LogP contribution in [0.25, 0.3) is 0 Å². The number of carbonyl (C=O) groups is 1. The smallest absolute Gasteiger partial charge is 0.300 e. The maximum absolute atomic E-state index is 12.3. The summed E-state index contributed by atoms with van der Waals surface area (Å²) in [6.07, 6.45) is -2.31. The molecule has 0 aliphatic rings. The lowest BCUT2D eigenvalue weighted by atomic mass is 10.0. The average Bonchev–Trinajstić information content (AvgIpc) is 2.27. The van der Waals surface area contributed by atoms with Crippen molar-refractivity contribution in [1.82, 2.24) is 0 Å². The van der Waals surface area contributed by atoms with Crippen LogP contribution in [0.5, 0.6) is 5.75 Å². The third-order valence-corrected chi connectivity index (χ3v) is 2.14. The molecule has 0 saturated heterocycles. The monoisotopic (exact) mass is 214 g/mol. The van der Waals surface area contributed by atoms with E-state index >= 15 is 0 Å². The molecule has 0 atom stereocenters. The Kier molecular flexibility index (Phi) is 3.77. The van der Waals surface area contributed by atoms with Crippen LogP contribution >= 0.6 is 0 Å². The third kappa shape index (κ3) is 2.52. The number of hydrogen-bond donors (Lipinski definition) is 0. The topological polar surface area (TPSA) is 26.3 Å². The molecular weight excluding hydrogens is 202 g/mol. The van der Waals surface area contributed by atoms with Gasteiger partial charge in [-0.3, -0.25) is 4.79 Å². The van der Waals surface area contributed by atoms with Gasteiger partial charge in [-0.15, -0.1) is 0 Å². The number of aryl methyl sites for hydroxylation is 1. The van der Waals surface area contributed by atoms with Crippen LogP contribution in [-0.4, -0.2) is 19.3 Å². The van der Waals surface area contributed by atoms with E-state index in [1.165, 1.54) is 19.2 Å². The van der Waals surface area contributed by atoms with Gasteiger partial charge in [0.05, 0.1) is 12.7 Å². The van der Waals surface area contributed by atoms with Gasteiger partial charge in [0.1, 0.15) is 5.75 Å². The summed E-state index contributed by atoms with van der Waals surface area (Å²) >= 11 is 0. The number of rotatable bonds is 4. The standard InChI is InChI=1S/C11H12F2O2/c1-3-7-4-5-9(15-2)8(6-7)10(14)11(12)13/h4-6,11H,3H2,1-2H3. The first-order valence-corrected chi connectivity index (χ1v) is 4.59. The summed E-state index contributed by atoms with van der Waals surface area (Å²) in [5.41, 5.74) is 0.784. The van der Waals surface area contributed by atoms with Crippen LogP contribution < -0.4 is 4.74 Å². The molecule has 82 valence electrons. The molecule has 1 aromatic carbocycles. The summed E-state index contributed by atoms with van der Waals surface area (Å²) < 4.78 is 29.4. The summed E-state index contributed by atoms with van der Waals surface area (Å²) in [4.78, 5) is 11.2. The average molecular weight is 214 g/mol. The fourth-order valence-corrected chi connectivity index (χ4v) is 1.29. The molecule has 0 fully saturated rings. The molecule has 1 aromatic rings. The van der Waals surface area contributed by atoms with Crippen molar-refractivity contribution in [2.45, 2.75) is 19.8 Å². The quantitative estimate of drug-likeness (QED) is 0.720. The van der Waals surface area contributed by atoms with E-state index in [9.17, 15) is 13.6 Å². The van der Waals surface area contributed by atoms with Gasteiger partial charge in [0.2, 0.25) is 5.78 Å². The van der Waals surface area contributed by atoms with E-state index < -0.39 is 12.2 Å². The first kappa shape index (κ1) is 11.6. The summed E-state index contributed by atoms with van der Waals surface area (Å²) in [7, 11) is 1.35. The second kappa shape index (κ2) is 4.87. The highest BCUT2D eigenvalue weighted by atomic mass is 19.3. The van der Waals surface area contributed by atoms with E-state index in [1.807, 2.05) is 6.92 Å². The van der Waals surface area contributed by atoms with Crippen molar-refractivity contribution in [1.29, 1.82) is 0 Å². The Morgan fingerprint density at radius 3 is 2.60 bits per heavy atom. The Bertz CT molecular complexity index is 362. The van der Waals surface area contributed by atoms with Gasteiger partial charge in [-0.1, -0.05) is 13.0 Å². The van der Waals surface area contributed by atoms with Crippen LogP contribution in [-0.2, 0) is 6.42 Å². The zero-order valence-corrected chi connectivity index (χ0v) is 8.59. The molecule has 15 heavy (non-hydrogen) atoms. The molecule has 0 spiro atoms. The summed E-state index contributed by atoms with van der Waals surface area (Å²) in [5.74, 6) is -1.00. The van der Waals surface area contributed by atoms with Gasteiger partial charge in [-0.05, 0) is 24.1 Å². The van der Waals surface area contributed by atoms with E-state index in [0.29, 0.717) is 6.42 Å². The fourth-order valence-electron chi connectivity index (χ4n) is 1.29. The molecule has 0 bridgehead atoms. The lowest BCUT2D eigenvalue weighted by Gasteiger charge is -2.08. The molecule has 0 heterocycles. The zero-order valence-electron chi connectivity index (χ0n) is 8.59. The SMILES string of the molecule is CCc1ccc(OC)c(C(=O)C(F)F)c1. The maximum atomic E-state index is 12.3. The number of halogens is 2. The van der Waals surface area contributed by atoms with E-state index in [1.54, 1.807) is 6.07 Å². The lowest BCUT2D eigenvalue weighted by Crippen LogP contribution is -2.12. The first-order valence-electron chi connectivity index (χ1n) is 4.59. The second-order valence-corrected chi connectivity index (χ2v) is 3.05. The molecular formula is C11H12F2O2. The van der Waals surface area contributed by atoms with Gasteiger partial charge in [-0.2, -0.15) is 0 Å². The van der Waals surface area contributed by atoms with Crippen molar-refractivity contribution in [3.05, 3.63) is 29.3 Å². The van der Waals surface area contributed by atoms with Crippen LogP contribution in [0.15, 0.2) is 18.2 Å². The van der Waals surface area contributed by atoms with Crippen molar-refractivity contribution in [2.75, 3.05) is 7.11 Å². The predicted octanol–water partition coefficient (Wildman–Crippen LogP) is 2.71.